The van der Waals surface area contributed by atoms with Crippen molar-refractivity contribution in [2.45, 2.75) is 43.5 Å². The number of methoxy groups -OCH3 is 1. The van der Waals surface area contributed by atoms with E-state index in [1.165, 1.54) is 10.6 Å². The van der Waals surface area contributed by atoms with Crippen LogP contribution in [0.3, 0.4) is 0 Å². The van der Waals surface area contributed by atoms with Crippen LogP contribution in [0.25, 0.3) is 11.1 Å². The Hall–Kier alpha value is -3.46. The first kappa shape index (κ1) is 29.5. The normalized spacial score (nSPS) is 12.1. The third-order valence-corrected chi connectivity index (χ3v) is 10.2. The Morgan fingerprint density at radius 2 is 1.40 bits per heavy atom. The summed E-state index contributed by atoms with van der Waals surface area (Å²) < 4.78 is 59.3. The second-order valence-corrected chi connectivity index (χ2v) is 14.0. The predicted octanol–water partition coefficient (Wildman–Crippen LogP) is 6.12. The largest absolute Gasteiger partial charge is 0.496 e. The van der Waals surface area contributed by atoms with E-state index < -0.39 is 19.9 Å². The van der Waals surface area contributed by atoms with Crippen molar-refractivity contribution in [2.75, 3.05) is 19.9 Å². The number of aryl methyl sites for hydroxylation is 3. The molecule has 0 amide bonds. The second kappa shape index (κ2) is 12.0. The molecule has 0 saturated heterocycles. The lowest BCUT2D eigenvalue weighted by Gasteiger charge is -2.25. The van der Waals surface area contributed by atoms with Crippen molar-refractivity contribution in [1.29, 1.82) is 0 Å². The molecule has 4 rings (SSSR count). The zero-order valence-corrected chi connectivity index (χ0v) is 25.1. The number of hydrogen-bond donors (Lipinski definition) is 0. The highest BCUT2D eigenvalue weighted by molar-refractivity contribution is 7.90. The second-order valence-electron chi connectivity index (χ2n) is 10.1. The maximum absolute atomic E-state index is 14.1. The molecule has 8 heteroatoms. The maximum atomic E-state index is 14.1. The minimum atomic E-state index is -3.83. The van der Waals surface area contributed by atoms with E-state index in [0.717, 1.165) is 44.7 Å². The number of ether oxygens (including phenoxy) is 1. The minimum absolute atomic E-state index is 0.188. The Bertz CT molecular complexity index is 1700. The molecule has 0 aromatic heterocycles. The molecule has 6 nitrogen and oxygen atoms in total. The molecule has 0 spiro atoms. The topological polar surface area (TPSA) is 80.8 Å². The quantitative estimate of drug-likeness (QED) is 0.227. The highest BCUT2D eigenvalue weighted by atomic mass is 32.2. The molecule has 0 bridgehead atoms. The van der Waals surface area contributed by atoms with E-state index in [4.69, 9.17) is 4.74 Å². The van der Waals surface area contributed by atoms with E-state index in [-0.39, 0.29) is 18.0 Å². The Kier molecular flexibility index (Phi) is 8.83. The van der Waals surface area contributed by atoms with Gasteiger partial charge in [-0.2, -0.15) is 4.31 Å². The van der Waals surface area contributed by atoms with Crippen LogP contribution >= 0.6 is 0 Å². The van der Waals surface area contributed by atoms with Gasteiger partial charge >= 0.3 is 0 Å². The summed E-state index contributed by atoms with van der Waals surface area (Å²) in [6, 6.07) is 25.8. The monoisotopic (exact) mass is 577 g/mol. The minimum Gasteiger partial charge on any atom is -0.496 e. The van der Waals surface area contributed by atoms with Gasteiger partial charge in [0.15, 0.2) is 9.84 Å². The summed E-state index contributed by atoms with van der Waals surface area (Å²) in [6.45, 7) is 6.10. The Balaban J connectivity index is 1.68. The summed E-state index contributed by atoms with van der Waals surface area (Å²) in [5.74, 6) is 0.725. The summed E-state index contributed by atoms with van der Waals surface area (Å²) in [7, 11) is -5.54. The first-order chi connectivity index (χ1) is 18.9. The number of sulfonamides is 1. The van der Waals surface area contributed by atoms with Crippen LogP contribution in [0.5, 0.6) is 5.75 Å². The van der Waals surface area contributed by atoms with Crippen molar-refractivity contribution in [3.8, 4) is 16.9 Å². The van der Waals surface area contributed by atoms with Crippen LogP contribution in [-0.4, -0.2) is 41.1 Å². The van der Waals surface area contributed by atoms with E-state index in [1.807, 2.05) is 87.5 Å². The van der Waals surface area contributed by atoms with Gasteiger partial charge < -0.3 is 4.74 Å². The maximum Gasteiger partial charge on any atom is 0.243 e. The molecule has 0 saturated carbocycles. The fourth-order valence-corrected chi connectivity index (χ4v) is 7.56. The lowest BCUT2D eigenvalue weighted by Crippen LogP contribution is -2.33. The summed E-state index contributed by atoms with van der Waals surface area (Å²) in [5.41, 5.74) is 5.86. The van der Waals surface area contributed by atoms with Crippen LogP contribution < -0.4 is 4.74 Å². The Morgan fingerprint density at radius 3 is 2.02 bits per heavy atom. The number of nitrogens with zero attached hydrogens (tertiary/aromatic N) is 1. The molecule has 0 aliphatic carbocycles. The van der Waals surface area contributed by atoms with Crippen molar-refractivity contribution >= 4 is 19.9 Å². The molecular formula is C32H35NO5S2. The molecule has 0 aliphatic heterocycles. The molecule has 0 radical (unpaired) electrons. The van der Waals surface area contributed by atoms with Gasteiger partial charge in [-0.3, -0.25) is 0 Å². The Labute approximate surface area is 238 Å². The van der Waals surface area contributed by atoms with Gasteiger partial charge in [-0.15, -0.1) is 0 Å². The van der Waals surface area contributed by atoms with Crippen LogP contribution in [0.1, 0.15) is 27.8 Å². The number of para-hydroxylation sites is 1. The predicted molar refractivity (Wildman–Crippen MR) is 160 cm³/mol. The smallest absolute Gasteiger partial charge is 0.243 e. The third-order valence-electron chi connectivity index (χ3n) is 6.93. The SMILES string of the molecule is COc1ccccc1CCN(Cc1ccc(-c2cccc(S(C)(=O)=O)c2)cc1)S(=O)(=O)c1c(C)cc(C)cc1C. The first-order valence-corrected chi connectivity index (χ1v) is 16.3. The van der Waals surface area contributed by atoms with Crippen LogP contribution in [-0.2, 0) is 32.8 Å². The average Bonchev–Trinajstić information content (AvgIpc) is 2.90. The third kappa shape index (κ3) is 6.63. The molecule has 210 valence electrons. The van der Waals surface area contributed by atoms with Gasteiger partial charge in [0.25, 0.3) is 0 Å². The van der Waals surface area contributed by atoms with Gasteiger partial charge in [0, 0.05) is 19.3 Å². The van der Waals surface area contributed by atoms with Crippen LogP contribution in [0.2, 0.25) is 0 Å². The van der Waals surface area contributed by atoms with Crippen molar-refractivity contribution in [2.24, 2.45) is 0 Å². The van der Waals surface area contributed by atoms with Crippen LogP contribution in [0, 0.1) is 20.8 Å². The Morgan fingerprint density at radius 1 is 0.750 bits per heavy atom. The van der Waals surface area contributed by atoms with Crippen LogP contribution in [0.4, 0.5) is 0 Å². The molecule has 40 heavy (non-hydrogen) atoms. The lowest BCUT2D eigenvalue weighted by atomic mass is 10.0. The summed E-state index contributed by atoms with van der Waals surface area (Å²) >= 11 is 0. The number of rotatable bonds is 10. The zero-order valence-electron chi connectivity index (χ0n) is 23.5. The molecule has 0 fully saturated rings. The van der Waals surface area contributed by atoms with E-state index in [0.29, 0.717) is 11.3 Å². The molecule has 4 aromatic rings. The van der Waals surface area contributed by atoms with E-state index >= 15 is 0 Å². The van der Waals surface area contributed by atoms with E-state index in [9.17, 15) is 16.8 Å². The van der Waals surface area contributed by atoms with Gasteiger partial charge in [0.2, 0.25) is 10.0 Å². The van der Waals surface area contributed by atoms with E-state index in [2.05, 4.69) is 0 Å². The molecule has 0 heterocycles. The van der Waals surface area contributed by atoms with Gasteiger partial charge in [-0.05, 0) is 78.8 Å². The van der Waals surface area contributed by atoms with Crippen LogP contribution in [0.15, 0.2) is 94.7 Å². The van der Waals surface area contributed by atoms with Crippen molar-refractivity contribution in [3.05, 3.63) is 113 Å². The number of benzene rings is 4. The van der Waals surface area contributed by atoms with Crippen molar-refractivity contribution in [1.82, 2.24) is 4.31 Å². The summed E-state index contributed by atoms with van der Waals surface area (Å²) in [5, 5.41) is 0. The number of hydrogen-bond acceptors (Lipinski definition) is 5. The molecular weight excluding hydrogens is 542 g/mol. The molecule has 0 N–H and O–H groups in total. The van der Waals surface area contributed by atoms with Crippen molar-refractivity contribution < 1.29 is 21.6 Å². The summed E-state index contributed by atoms with van der Waals surface area (Å²) in [4.78, 5) is 0.596. The van der Waals surface area contributed by atoms with Gasteiger partial charge in [0.1, 0.15) is 5.75 Å². The number of sulfone groups is 1. The zero-order chi connectivity index (χ0) is 29.1. The molecule has 4 aromatic carbocycles. The molecule has 0 unspecified atom stereocenters. The van der Waals surface area contributed by atoms with Gasteiger partial charge in [0.05, 0.1) is 16.9 Å². The molecule has 0 atom stereocenters. The standard InChI is InChI=1S/C32H35NO5S2/c1-23-19-24(2)32(25(3)20-23)40(36,37)33(18-17-28-9-6-7-12-31(28)38-4)22-26-13-15-27(16-14-26)29-10-8-11-30(21-29)39(5,34)35/h6-16,19-21H,17-18,22H2,1-5H3. The fraction of sp³-hybridized carbons (Fsp3) is 0.250. The lowest BCUT2D eigenvalue weighted by molar-refractivity contribution is 0.392. The average molecular weight is 578 g/mol. The molecule has 0 aliphatic rings. The van der Waals surface area contributed by atoms with E-state index in [1.54, 1.807) is 25.3 Å². The van der Waals surface area contributed by atoms with Gasteiger partial charge in [-0.1, -0.05) is 72.3 Å². The van der Waals surface area contributed by atoms with Gasteiger partial charge in [-0.25, -0.2) is 16.8 Å². The van der Waals surface area contributed by atoms with Crippen molar-refractivity contribution in [3.63, 3.8) is 0 Å². The fourth-order valence-electron chi connectivity index (χ4n) is 5.05. The summed E-state index contributed by atoms with van der Waals surface area (Å²) in [6.07, 6.45) is 1.68. The first-order valence-electron chi connectivity index (χ1n) is 13.0. The highest BCUT2D eigenvalue weighted by Crippen LogP contribution is 2.29. The highest BCUT2D eigenvalue weighted by Gasteiger charge is 2.28.